The van der Waals surface area contributed by atoms with E-state index in [1.54, 1.807) is 7.11 Å². The van der Waals surface area contributed by atoms with E-state index in [1.807, 2.05) is 24.3 Å². The van der Waals surface area contributed by atoms with Crippen molar-refractivity contribution in [3.63, 3.8) is 0 Å². The second-order valence-electron chi connectivity index (χ2n) is 6.18. The van der Waals surface area contributed by atoms with Crippen molar-refractivity contribution in [3.05, 3.63) is 35.7 Å². The standard InChI is InChI=1S/C16H23N3O2/c1-16(2,3)13(20-4)14-18-15(21-19-14)12-7-5-6-11(10-12)8-9-17/h5-7,10,13H,8-9,17H2,1-4H3. The number of benzene rings is 1. The van der Waals surface area contributed by atoms with E-state index in [2.05, 4.69) is 30.9 Å². The van der Waals surface area contributed by atoms with Crippen LogP contribution in [0.1, 0.15) is 38.3 Å². The van der Waals surface area contributed by atoms with Crippen molar-refractivity contribution >= 4 is 0 Å². The van der Waals surface area contributed by atoms with Crippen molar-refractivity contribution in [1.29, 1.82) is 0 Å². The summed E-state index contributed by atoms with van der Waals surface area (Å²) in [5, 5.41) is 4.07. The van der Waals surface area contributed by atoms with Gasteiger partial charge in [-0.05, 0) is 36.1 Å². The van der Waals surface area contributed by atoms with Crippen molar-refractivity contribution in [2.75, 3.05) is 13.7 Å². The Balaban J connectivity index is 2.29. The fourth-order valence-corrected chi connectivity index (χ4v) is 2.33. The Labute approximate surface area is 125 Å². The Kier molecular flexibility index (Phi) is 4.75. The molecule has 0 aliphatic carbocycles. The van der Waals surface area contributed by atoms with Crippen LogP contribution in [-0.4, -0.2) is 23.8 Å². The maximum absolute atomic E-state index is 5.59. The van der Waals surface area contributed by atoms with Crippen molar-refractivity contribution < 1.29 is 9.26 Å². The summed E-state index contributed by atoms with van der Waals surface area (Å²) in [5.74, 6) is 1.08. The van der Waals surface area contributed by atoms with Crippen molar-refractivity contribution in [3.8, 4) is 11.5 Å². The first-order valence-electron chi connectivity index (χ1n) is 7.11. The van der Waals surface area contributed by atoms with Gasteiger partial charge in [-0.15, -0.1) is 0 Å². The number of nitrogens with two attached hydrogens (primary N) is 1. The number of ether oxygens (including phenoxy) is 1. The molecular formula is C16H23N3O2. The fraction of sp³-hybridized carbons (Fsp3) is 0.500. The van der Waals surface area contributed by atoms with E-state index >= 15 is 0 Å². The molecule has 0 spiro atoms. The molecule has 0 saturated carbocycles. The number of nitrogens with zero attached hydrogens (tertiary/aromatic N) is 2. The van der Waals surface area contributed by atoms with Crippen LogP contribution in [0.5, 0.6) is 0 Å². The zero-order chi connectivity index (χ0) is 15.5. The zero-order valence-corrected chi connectivity index (χ0v) is 13.1. The van der Waals surface area contributed by atoms with Crippen LogP contribution in [-0.2, 0) is 11.2 Å². The zero-order valence-electron chi connectivity index (χ0n) is 13.1. The van der Waals surface area contributed by atoms with Gasteiger partial charge in [0, 0.05) is 12.7 Å². The average molecular weight is 289 g/mol. The summed E-state index contributed by atoms with van der Waals surface area (Å²) in [7, 11) is 1.66. The predicted molar refractivity (Wildman–Crippen MR) is 81.7 cm³/mol. The first-order chi connectivity index (χ1) is 9.95. The number of hydrogen-bond donors (Lipinski definition) is 1. The first-order valence-corrected chi connectivity index (χ1v) is 7.11. The maximum atomic E-state index is 5.59. The topological polar surface area (TPSA) is 74.2 Å². The summed E-state index contributed by atoms with van der Waals surface area (Å²) in [6, 6.07) is 8.00. The van der Waals surface area contributed by atoms with Crippen LogP contribution >= 0.6 is 0 Å². The van der Waals surface area contributed by atoms with Crippen molar-refractivity contribution in [2.24, 2.45) is 11.1 Å². The van der Waals surface area contributed by atoms with Gasteiger partial charge in [0.15, 0.2) is 0 Å². The van der Waals surface area contributed by atoms with Crippen molar-refractivity contribution in [2.45, 2.75) is 33.3 Å². The molecule has 2 N–H and O–H groups in total. The lowest BCUT2D eigenvalue weighted by Gasteiger charge is -2.26. The number of methoxy groups -OCH3 is 1. The van der Waals surface area contributed by atoms with E-state index in [0.717, 1.165) is 17.5 Å². The van der Waals surface area contributed by atoms with Gasteiger partial charge in [0.1, 0.15) is 6.10 Å². The monoisotopic (exact) mass is 289 g/mol. The lowest BCUT2D eigenvalue weighted by atomic mass is 9.88. The lowest BCUT2D eigenvalue weighted by Crippen LogP contribution is -2.21. The van der Waals surface area contributed by atoms with Crippen LogP contribution in [0.2, 0.25) is 0 Å². The van der Waals surface area contributed by atoms with Gasteiger partial charge in [-0.3, -0.25) is 0 Å². The van der Waals surface area contributed by atoms with Crippen LogP contribution in [0.4, 0.5) is 0 Å². The lowest BCUT2D eigenvalue weighted by molar-refractivity contribution is 0.00718. The molecule has 114 valence electrons. The fourth-order valence-electron chi connectivity index (χ4n) is 2.33. The van der Waals surface area contributed by atoms with E-state index < -0.39 is 0 Å². The van der Waals surface area contributed by atoms with E-state index in [4.69, 9.17) is 15.0 Å². The summed E-state index contributed by atoms with van der Waals surface area (Å²) in [4.78, 5) is 4.49. The SMILES string of the molecule is COC(c1noc(-c2cccc(CCN)c2)n1)C(C)(C)C. The Morgan fingerprint density at radius 3 is 2.71 bits per heavy atom. The van der Waals surface area contributed by atoms with Crippen LogP contribution in [0.15, 0.2) is 28.8 Å². The van der Waals surface area contributed by atoms with Gasteiger partial charge in [-0.25, -0.2) is 0 Å². The third-order valence-corrected chi connectivity index (χ3v) is 3.31. The largest absolute Gasteiger partial charge is 0.373 e. The van der Waals surface area contributed by atoms with Gasteiger partial charge >= 0.3 is 0 Å². The molecule has 1 heterocycles. The average Bonchev–Trinajstić information content (AvgIpc) is 2.88. The number of hydrogen-bond acceptors (Lipinski definition) is 5. The molecule has 0 saturated heterocycles. The van der Waals surface area contributed by atoms with Crippen LogP contribution in [0, 0.1) is 5.41 Å². The molecule has 1 unspecified atom stereocenters. The molecule has 0 radical (unpaired) electrons. The van der Waals surface area contributed by atoms with E-state index in [9.17, 15) is 0 Å². The molecule has 5 nitrogen and oxygen atoms in total. The van der Waals surface area contributed by atoms with Crippen LogP contribution in [0.3, 0.4) is 0 Å². The smallest absolute Gasteiger partial charge is 0.258 e. The number of aromatic nitrogens is 2. The van der Waals surface area contributed by atoms with Gasteiger partial charge in [0.25, 0.3) is 5.89 Å². The molecule has 0 aliphatic rings. The highest BCUT2D eigenvalue weighted by Crippen LogP contribution is 2.34. The van der Waals surface area contributed by atoms with E-state index in [0.29, 0.717) is 18.3 Å². The quantitative estimate of drug-likeness (QED) is 0.916. The Morgan fingerprint density at radius 2 is 2.10 bits per heavy atom. The van der Waals surface area contributed by atoms with Crippen LogP contribution < -0.4 is 5.73 Å². The van der Waals surface area contributed by atoms with Gasteiger partial charge in [0.05, 0.1) is 0 Å². The molecule has 1 atom stereocenters. The Bertz CT molecular complexity index is 587. The second kappa shape index (κ2) is 6.37. The summed E-state index contributed by atoms with van der Waals surface area (Å²) in [6.07, 6.45) is 0.625. The molecule has 0 fully saturated rings. The summed E-state index contributed by atoms with van der Waals surface area (Å²) in [6.45, 7) is 6.87. The minimum atomic E-state index is -0.206. The van der Waals surface area contributed by atoms with Gasteiger partial charge in [-0.2, -0.15) is 4.98 Å². The predicted octanol–water partition coefficient (Wildman–Crippen LogP) is 2.97. The Hall–Kier alpha value is -1.72. The molecule has 2 aromatic rings. The summed E-state index contributed by atoms with van der Waals surface area (Å²) < 4.78 is 10.9. The van der Waals surface area contributed by atoms with Crippen LogP contribution in [0.25, 0.3) is 11.5 Å². The molecule has 21 heavy (non-hydrogen) atoms. The summed E-state index contributed by atoms with van der Waals surface area (Å²) >= 11 is 0. The van der Waals surface area contributed by atoms with Gasteiger partial charge < -0.3 is 15.0 Å². The van der Waals surface area contributed by atoms with E-state index in [1.165, 1.54) is 0 Å². The maximum Gasteiger partial charge on any atom is 0.258 e. The molecule has 2 rings (SSSR count). The molecule has 1 aromatic carbocycles. The second-order valence-corrected chi connectivity index (χ2v) is 6.18. The number of rotatable bonds is 5. The highest BCUT2D eigenvalue weighted by atomic mass is 16.5. The third-order valence-electron chi connectivity index (χ3n) is 3.31. The first kappa shape index (κ1) is 15.7. The van der Waals surface area contributed by atoms with Gasteiger partial charge in [0.2, 0.25) is 5.82 Å². The summed E-state index contributed by atoms with van der Waals surface area (Å²) in [5.41, 5.74) is 7.56. The minimum Gasteiger partial charge on any atom is -0.373 e. The van der Waals surface area contributed by atoms with Gasteiger partial charge in [-0.1, -0.05) is 38.1 Å². The minimum absolute atomic E-state index is 0.0999. The molecule has 0 aliphatic heterocycles. The highest BCUT2D eigenvalue weighted by molar-refractivity contribution is 5.54. The van der Waals surface area contributed by atoms with E-state index in [-0.39, 0.29) is 11.5 Å². The normalized spacial score (nSPS) is 13.4. The molecular weight excluding hydrogens is 266 g/mol. The highest BCUT2D eigenvalue weighted by Gasteiger charge is 2.30. The third kappa shape index (κ3) is 3.68. The molecule has 1 aromatic heterocycles. The Morgan fingerprint density at radius 1 is 1.33 bits per heavy atom. The molecule has 5 heteroatoms. The van der Waals surface area contributed by atoms with Crippen molar-refractivity contribution in [1.82, 2.24) is 10.1 Å². The molecule has 0 amide bonds. The molecule has 0 bridgehead atoms.